The molecule has 0 radical (unpaired) electrons. The SMILES string of the molecule is COC(=O)C1(C(=O)OC)CC2=CC(=O)CC2C1. The van der Waals surface area contributed by atoms with Crippen LogP contribution in [0.2, 0.25) is 0 Å². The first kappa shape index (κ1) is 11.8. The van der Waals surface area contributed by atoms with Gasteiger partial charge >= 0.3 is 11.9 Å². The van der Waals surface area contributed by atoms with E-state index < -0.39 is 17.4 Å². The largest absolute Gasteiger partial charge is 0.468 e. The third-order valence-electron chi connectivity index (χ3n) is 3.57. The molecule has 0 heterocycles. The van der Waals surface area contributed by atoms with Crippen molar-refractivity contribution in [1.82, 2.24) is 0 Å². The van der Waals surface area contributed by atoms with Gasteiger partial charge < -0.3 is 9.47 Å². The molecule has 17 heavy (non-hydrogen) atoms. The van der Waals surface area contributed by atoms with Gasteiger partial charge in [0.05, 0.1) is 14.2 Å². The zero-order valence-electron chi connectivity index (χ0n) is 9.82. The highest BCUT2D eigenvalue weighted by Crippen LogP contribution is 2.50. The molecule has 1 unspecified atom stereocenters. The van der Waals surface area contributed by atoms with E-state index in [1.54, 1.807) is 0 Å². The van der Waals surface area contributed by atoms with Crippen LogP contribution in [0.4, 0.5) is 0 Å². The van der Waals surface area contributed by atoms with Gasteiger partial charge in [0.15, 0.2) is 11.2 Å². The molecule has 2 rings (SSSR count). The number of ether oxygens (including phenoxy) is 2. The molecule has 92 valence electrons. The van der Waals surface area contributed by atoms with Crippen LogP contribution in [0.3, 0.4) is 0 Å². The first-order valence-corrected chi connectivity index (χ1v) is 5.43. The van der Waals surface area contributed by atoms with Crippen LogP contribution in [0.5, 0.6) is 0 Å². The van der Waals surface area contributed by atoms with Crippen LogP contribution >= 0.6 is 0 Å². The lowest BCUT2D eigenvalue weighted by Crippen LogP contribution is -2.39. The van der Waals surface area contributed by atoms with Gasteiger partial charge in [-0.1, -0.05) is 5.57 Å². The molecule has 5 heteroatoms. The highest BCUT2D eigenvalue weighted by atomic mass is 16.5. The molecule has 0 saturated heterocycles. The summed E-state index contributed by atoms with van der Waals surface area (Å²) in [4.78, 5) is 34.9. The lowest BCUT2D eigenvalue weighted by molar-refractivity contribution is -0.168. The molecule has 0 spiro atoms. The van der Waals surface area contributed by atoms with Crippen LogP contribution in [0.25, 0.3) is 0 Å². The monoisotopic (exact) mass is 238 g/mol. The molecular formula is C12H14O5. The lowest BCUT2D eigenvalue weighted by atomic mass is 9.84. The predicted molar refractivity (Wildman–Crippen MR) is 56.9 cm³/mol. The second-order valence-electron chi connectivity index (χ2n) is 4.53. The van der Waals surface area contributed by atoms with Crippen molar-refractivity contribution >= 4 is 17.7 Å². The summed E-state index contributed by atoms with van der Waals surface area (Å²) >= 11 is 0. The average molecular weight is 238 g/mol. The van der Waals surface area contributed by atoms with Crippen LogP contribution < -0.4 is 0 Å². The fourth-order valence-electron chi connectivity index (χ4n) is 2.78. The van der Waals surface area contributed by atoms with Gasteiger partial charge in [0, 0.05) is 6.42 Å². The van der Waals surface area contributed by atoms with Crippen LogP contribution in [0.15, 0.2) is 11.6 Å². The number of methoxy groups -OCH3 is 2. The lowest BCUT2D eigenvalue weighted by Gasteiger charge is -2.22. The molecule has 0 aromatic heterocycles. The second kappa shape index (κ2) is 3.98. The molecule has 1 saturated carbocycles. The van der Waals surface area contributed by atoms with Crippen molar-refractivity contribution in [2.75, 3.05) is 14.2 Å². The van der Waals surface area contributed by atoms with Crippen molar-refractivity contribution in [3.8, 4) is 0 Å². The summed E-state index contributed by atoms with van der Waals surface area (Å²) in [6, 6.07) is 0. The number of hydrogen-bond acceptors (Lipinski definition) is 5. The first-order valence-electron chi connectivity index (χ1n) is 5.43. The van der Waals surface area contributed by atoms with E-state index in [1.165, 1.54) is 20.3 Å². The molecule has 0 amide bonds. The van der Waals surface area contributed by atoms with E-state index in [4.69, 9.17) is 9.47 Å². The maximum Gasteiger partial charge on any atom is 0.323 e. The number of rotatable bonds is 2. The van der Waals surface area contributed by atoms with E-state index in [0.717, 1.165) is 5.57 Å². The van der Waals surface area contributed by atoms with Gasteiger partial charge in [0.25, 0.3) is 0 Å². The summed E-state index contributed by atoms with van der Waals surface area (Å²) in [6.07, 6.45) is 2.47. The minimum atomic E-state index is -1.25. The number of fused-ring (bicyclic) bond motifs is 1. The van der Waals surface area contributed by atoms with Gasteiger partial charge in [-0.15, -0.1) is 0 Å². The van der Waals surface area contributed by atoms with Crippen LogP contribution in [-0.2, 0) is 23.9 Å². The minimum Gasteiger partial charge on any atom is -0.468 e. The molecule has 2 aliphatic carbocycles. The van der Waals surface area contributed by atoms with Crippen LogP contribution in [0, 0.1) is 11.3 Å². The Kier molecular flexibility index (Phi) is 2.77. The van der Waals surface area contributed by atoms with Gasteiger partial charge in [-0.3, -0.25) is 14.4 Å². The molecule has 0 bridgehead atoms. The van der Waals surface area contributed by atoms with Crippen molar-refractivity contribution in [2.45, 2.75) is 19.3 Å². The van der Waals surface area contributed by atoms with Crippen LogP contribution in [-0.4, -0.2) is 31.9 Å². The van der Waals surface area contributed by atoms with Gasteiger partial charge in [-0.25, -0.2) is 0 Å². The number of hydrogen-bond donors (Lipinski definition) is 0. The highest BCUT2D eigenvalue weighted by Gasteiger charge is 2.56. The Hall–Kier alpha value is -1.65. The third kappa shape index (κ3) is 1.66. The maximum absolute atomic E-state index is 11.8. The number of ketones is 1. The molecule has 2 aliphatic rings. The molecule has 1 fully saturated rings. The summed E-state index contributed by atoms with van der Waals surface area (Å²) < 4.78 is 9.40. The smallest absolute Gasteiger partial charge is 0.323 e. The molecule has 0 aliphatic heterocycles. The molecular weight excluding hydrogens is 224 g/mol. The highest BCUT2D eigenvalue weighted by molar-refractivity contribution is 6.02. The van der Waals surface area contributed by atoms with E-state index in [2.05, 4.69) is 0 Å². The van der Waals surface area contributed by atoms with E-state index in [9.17, 15) is 14.4 Å². The topological polar surface area (TPSA) is 69.7 Å². The Morgan fingerprint density at radius 3 is 2.35 bits per heavy atom. The Morgan fingerprint density at radius 2 is 1.88 bits per heavy atom. The Morgan fingerprint density at radius 1 is 1.29 bits per heavy atom. The Labute approximate surface area is 98.8 Å². The van der Waals surface area contributed by atoms with Crippen molar-refractivity contribution in [3.05, 3.63) is 11.6 Å². The minimum absolute atomic E-state index is 0.0132. The van der Waals surface area contributed by atoms with Crippen molar-refractivity contribution in [2.24, 2.45) is 11.3 Å². The third-order valence-corrected chi connectivity index (χ3v) is 3.57. The fourth-order valence-corrected chi connectivity index (χ4v) is 2.78. The summed E-state index contributed by atoms with van der Waals surface area (Å²) in [5.74, 6) is -1.10. The Balaban J connectivity index is 2.33. The Bertz CT molecular complexity index is 405. The van der Waals surface area contributed by atoms with E-state index in [-0.39, 0.29) is 18.1 Å². The number of esters is 2. The van der Waals surface area contributed by atoms with Crippen molar-refractivity contribution in [1.29, 1.82) is 0 Å². The van der Waals surface area contributed by atoms with Gasteiger partial charge in [0.1, 0.15) is 0 Å². The first-order chi connectivity index (χ1) is 8.03. The molecule has 1 atom stereocenters. The van der Waals surface area contributed by atoms with Gasteiger partial charge in [-0.2, -0.15) is 0 Å². The predicted octanol–water partition coefficient (Wildman–Crippen LogP) is 0.628. The fraction of sp³-hybridized carbons (Fsp3) is 0.583. The summed E-state index contributed by atoms with van der Waals surface area (Å²) in [5.41, 5.74) is -0.383. The van der Waals surface area contributed by atoms with Gasteiger partial charge in [-0.05, 0) is 24.8 Å². The van der Waals surface area contributed by atoms with Crippen LogP contribution in [0.1, 0.15) is 19.3 Å². The zero-order chi connectivity index (χ0) is 12.6. The van der Waals surface area contributed by atoms with Crippen molar-refractivity contribution in [3.63, 3.8) is 0 Å². The molecule has 0 aromatic rings. The molecule has 0 N–H and O–H groups in total. The molecule has 5 nitrogen and oxygen atoms in total. The number of allylic oxidation sites excluding steroid dienone is 2. The normalized spacial score (nSPS) is 25.2. The number of carbonyl (C=O) groups excluding carboxylic acids is 3. The average Bonchev–Trinajstić information content (AvgIpc) is 2.81. The molecule has 0 aromatic carbocycles. The van der Waals surface area contributed by atoms with Crippen molar-refractivity contribution < 1.29 is 23.9 Å². The van der Waals surface area contributed by atoms with E-state index >= 15 is 0 Å². The van der Waals surface area contributed by atoms with E-state index in [1.807, 2.05) is 0 Å². The maximum atomic E-state index is 11.8. The zero-order valence-corrected chi connectivity index (χ0v) is 9.82. The van der Waals surface area contributed by atoms with Gasteiger partial charge in [0.2, 0.25) is 0 Å². The summed E-state index contributed by atoms with van der Waals surface area (Å²) in [6.45, 7) is 0. The standard InChI is InChI=1S/C12H14O5/c1-16-10(14)12(11(15)17-2)5-7-3-9(13)4-8(7)6-12/h3,8H,4-6H2,1-2H3. The second-order valence-corrected chi connectivity index (χ2v) is 4.53. The quantitative estimate of drug-likeness (QED) is 0.521. The summed E-state index contributed by atoms with van der Waals surface area (Å²) in [5, 5.41) is 0. The number of carbonyl (C=O) groups is 3. The van der Waals surface area contributed by atoms with E-state index in [0.29, 0.717) is 12.8 Å². The summed E-state index contributed by atoms with van der Waals surface area (Å²) in [7, 11) is 2.50.